The number of carbonyl (C=O) groups is 2. The van der Waals surface area contributed by atoms with Crippen molar-refractivity contribution in [2.75, 3.05) is 13.2 Å². The van der Waals surface area contributed by atoms with E-state index in [9.17, 15) is 9.59 Å². The molecule has 1 aromatic rings. The topological polar surface area (TPSA) is 65.5 Å². The molecule has 0 aromatic carbocycles. The number of hydrogen-bond donors (Lipinski definition) is 0. The van der Waals surface area contributed by atoms with Gasteiger partial charge in [-0.15, -0.1) is 0 Å². The summed E-state index contributed by atoms with van der Waals surface area (Å²) < 4.78 is 9.71. The van der Waals surface area contributed by atoms with Crippen molar-refractivity contribution in [3.8, 4) is 0 Å². The van der Waals surface area contributed by atoms with Gasteiger partial charge in [0.1, 0.15) is 5.15 Å². The first kappa shape index (κ1) is 14.4. The van der Waals surface area contributed by atoms with Gasteiger partial charge in [0, 0.05) is 6.20 Å². The molecule has 0 unspecified atom stereocenters. The van der Waals surface area contributed by atoms with Gasteiger partial charge in [0.05, 0.1) is 13.2 Å². The zero-order chi connectivity index (χ0) is 13.5. The number of pyridine rings is 1. The van der Waals surface area contributed by atoms with Crippen molar-refractivity contribution in [1.29, 1.82) is 0 Å². The first-order chi connectivity index (χ1) is 8.60. The standard InChI is InChI=1S/C12H14ClNO4/c1-3-17-11(15)10(12(16)18-4-2)8-5-6-9(13)14-7-8/h5-7,10H,3-4H2,1-2H3. The Morgan fingerprint density at radius 1 is 1.22 bits per heavy atom. The van der Waals surface area contributed by atoms with E-state index in [-0.39, 0.29) is 18.4 Å². The molecular weight excluding hydrogens is 258 g/mol. The molecule has 6 heteroatoms. The Hall–Kier alpha value is -1.62. The fourth-order valence-corrected chi connectivity index (χ4v) is 1.49. The summed E-state index contributed by atoms with van der Waals surface area (Å²) in [5.74, 6) is -2.42. The fourth-order valence-electron chi connectivity index (χ4n) is 1.38. The minimum Gasteiger partial charge on any atom is -0.465 e. The highest BCUT2D eigenvalue weighted by Crippen LogP contribution is 2.20. The number of hydrogen-bond acceptors (Lipinski definition) is 5. The number of halogens is 1. The average Bonchev–Trinajstić information content (AvgIpc) is 2.33. The van der Waals surface area contributed by atoms with Crippen LogP contribution in [-0.4, -0.2) is 30.1 Å². The third-order valence-corrected chi connectivity index (χ3v) is 2.35. The molecule has 0 atom stereocenters. The van der Waals surface area contributed by atoms with Gasteiger partial charge in [-0.05, 0) is 25.5 Å². The van der Waals surface area contributed by atoms with Gasteiger partial charge in [-0.1, -0.05) is 17.7 Å². The van der Waals surface area contributed by atoms with E-state index in [1.54, 1.807) is 19.9 Å². The van der Waals surface area contributed by atoms with Crippen molar-refractivity contribution < 1.29 is 19.1 Å². The molecular formula is C12H14ClNO4. The van der Waals surface area contributed by atoms with Gasteiger partial charge in [0.2, 0.25) is 0 Å². The van der Waals surface area contributed by atoms with Crippen molar-refractivity contribution in [2.24, 2.45) is 0 Å². The van der Waals surface area contributed by atoms with Crippen molar-refractivity contribution in [1.82, 2.24) is 4.98 Å². The quantitative estimate of drug-likeness (QED) is 0.465. The van der Waals surface area contributed by atoms with Gasteiger partial charge in [-0.2, -0.15) is 0 Å². The fraction of sp³-hybridized carbons (Fsp3) is 0.417. The molecule has 0 aliphatic heterocycles. The zero-order valence-electron chi connectivity index (χ0n) is 10.2. The molecule has 0 spiro atoms. The Morgan fingerprint density at radius 3 is 2.17 bits per heavy atom. The Morgan fingerprint density at radius 2 is 1.78 bits per heavy atom. The van der Waals surface area contributed by atoms with Crippen molar-refractivity contribution in [3.05, 3.63) is 29.0 Å². The summed E-state index contributed by atoms with van der Waals surface area (Å²) in [4.78, 5) is 27.4. The van der Waals surface area contributed by atoms with Gasteiger partial charge in [-0.25, -0.2) is 4.98 Å². The molecule has 0 saturated carbocycles. The zero-order valence-corrected chi connectivity index (χ0v) is 10.9. The first-order valence-electron chi connectivity index (χ1n) is 5.54. The second-order valence-corrected chi connectivity index (χ2v) is 3.74. The van der Waals surface area contributed by atoms with Gasteiger partial charge in [-0.3, -0.25) is 9.59 Å². The maximum absolute atomic E-state index is 11.8. The van der Waals surface area contributed by atoms with Crippen LogP contribution in [0.25, 0.3) is 0 Å². The molecule has 1 rings (SSSR count). The number of ether oxygens (including phenoxy) is 2. The van der Waals surface area contributed by atoms with Crippen LogP contribution in [-0.2, 0) is 19.1 Å². The Kier molecular flexibility index (Phi) is 5.58. The molecule has 0 saturated heterocycles. The number of carbonyl (C=O) groups excluding carboxylic acids is 2. The molecule has 0 amide bonds. The van der Waals surface area contributed by atoms with Crippen LogP contribution in [0.4, 0.5) is 0 Å². The smallest absolute Gasteiger partial charge is 0.324 e. The van der Waals surface area contributed by atoms with Gasteiger partial charge in [0.15, 0.2) is 5.92 Å². The van der Waals surface area contributed by atoms with Crippen LogP contribution in [0, 0.1) is 0 Å². The SMILES string of the molecule is CCOC(=O)C(C(=O)OCC)c1ccc(Cl)nc1. The number of aromatic nitrogens is 1. The second-order valence-electron chi connectivity index (χ2n) is 3.35. The number of nitrogens with zero attached hydrogens (tertiary/aromatic N) is 1. The average molecular weight is 272 g/mol. The summed E-state index contributed by atoms with van der Waals surface area (Å²) in [5.41, 5.74) is 0.399. The number of rotatable bonds is 5. The molecule has 5 nitrogen and oxygen atoms in total. The van der Waals surface area contributed by atoms with Crippen LogP contribution in [0.5, 0.6) is 0 Å². The molecule has 0 N–H and O–H groups in total. The lowest BCUT2D eigenvalue weighted by atomic mass is 10.0. The van der Waals surface area contributed by atoms with E-state index < -0.39 is 17.9 Å². The van der Waals surface area contributed by atoms with Crippen LogP contribution in [0.2, 0.25) is 5.15 Å². The summed E-state index contributed by atoms with van der Waals surface area (Å²) in [6, 6.07) is 3.05. The molecule has 0 aliphatic carbocycles. The Labute approximate surface area is 110 Å². The monoisotopic (exact) mass is 271 g/mol. The molecule has 1 heterocycles. The van der Waals surface area contributed by atoms with Gasteiger partial charge in [0.25, 0.3) is 0 Å². The maximum atomic E-state index is 11.8. The third kappa shape index (κ3) is 3.70. The van der Waals surface area contributed by atoms with Crippen molar-refractivity contribution in [3.63, 3.8) is 0 Å². The lowest BCUT2D eigenvalue weighted by molar-refractivity contribution is -0.156. The molecule has 1 aromatic heterocycles. The molecule has 98 valence electrons. The largest absolute Gasteiger partial charge is 0.465 e. The predicted molar refractivity (Wildman–Crippen MR) is 65.3 cm³/mol. The third-order valence-electron chi connectivity index (χ3n) is 2.13. The summed E-state index contributed by atoms with van der Waals surface area (Å²) in [6.45, 7) is 3.71. The van der Waals surface area contributed by atoms with E-state index in [0.717, 1.165) is 0 Å². The van der Waals surface area contributed by atoms with Gasteiger partial charge >= 0.3 is 11.9 Å². The minimum atomic E-state index is -1.12. The van der Waals surface area contributed by atoms with Crippen LogP contribution >= 0.6 is 11.6 Å². The van der Waals surface area contributed by atoms with E-state index in [4.69, 9.17) is 21.1 Å². The summed E-state index contributed by atoms with van der Waals surface area (Å²) in [5, 5.41) is 0.283. The highest BCUT2D eigenvalue weighted by molar-refractivity contribution is 6.29. The predicted octanol–water partition coefficient (Wildman–Crippen LogP) is 1.94. The molecule has 0 aliphatic rings. The van der Waals surface area contributed by atoms with E-state index >= 15 is 0 Å². The van der Waals surface area contributed by atoms with Crippen LogP contribution in [0.15, 0.2) is 18.3 Å². The summed E-state index contributed by atoms with van der Waals surface area (Å²) >= 11 is 5.65. The van der Waals surface area contributed by atoms with Crippen LogP contribution in [0.3, 0.4) is 0 Å². The molecule has 0 fully saturated rings. The highest BCUT2D eigenvalue weighted by Gasteiger charge is 2.31. The van der Waals surface area contributed by atoms with Crippen LogP contribution in [0.1, 0.15) is 25.3 Å². The summed E-state index contributed by atoms with van der Waals surface area (Å²) in [7, 11) is 0. The number of esters is 2. The second kappa shape index (κ2) is 6.96. The molecule has 0 radical (unpaired) electrons. The Bertz CT molecular complexity index is 401. The van der Waals surface area contributed by atoms with Crippen LogP contribution < -0.4 is 0 Å². The minimum absolute atomic E-state index is 0.190. The Balaban J connectivity index is 2.99. The van der Waals surface area contributed by atoms with E-state index in [1.807, 2.05) is 0 Å². The highest BCUT2D eigenvalue weighted by atomic mass is 35.5. The van der Waals surface area contributed by atoms with Gasteiger partial charge < -0.3 is 9.47 Å². The molecule has 0 bridgehead atoms. The summed E-state index contributed by atoms with van der Waals surface area (Å²) in [6.07, 6.45) is 1.36. The van der Waals surface area contributed by atoms with E-state index in [1.165, 1.54) is 12.3 Å². The van der Waals surface area contributed by atoms with Crippen molar-refractivity contribution in [2.45, 2.75) is 19.8 Å². The first-order valence-corrected chi connectivity index (χ1v) is 5.92. The maximum Gasteiger partial charge on any atom is 0.324 e. The van der Waals surface area contributed by atoms with E-state index in [2.05, 4.69) is 4.98 Å². The van der Waals surface area contributed by atoms with Crippen molar-refractivity contribution >= 4 is 23.5 Å². The lowest BCUT2D eigenvalue weighted by Crippen LogP contribution is -2.26. The van der Waals surface area contributed by atoms with E-state index in [0.29, 0.717) is 5.56 Å². The lowest BCUT2D eigenvalue weighted by Gasteiger charge is -2.14. The molecule has 18 heavy (non-hydrogen) atoms. The normalized spacial score (nSPS) is 10.2.